The Morgan fingerprint density at radius 1 is 1.24 bits per heavy atom. The van der Waals surface area contributed by atoms with Crippen molar-refractivity contribution in [2.24, 2.45) is 0 Å². The Kier molecular flexibility index (Phi) is 8.11. The first kappa shape index (κ1) is 17.7. The van der Waals surface area contributed by atoms with Crippen molar-refractivity contribution in [1.82, 2.24) is 10.6 Å². The van der Waals surface area contributed by atoms with Gasteiger partial charge >= 0.3 is 0 Å². The molecule has 0 aliphatic carbocycles. The fourth-order valence-corrected chi connectivity index (χ4v) is 1.85. The number of hydrogen-bond donors (Lipinski definition) is 2. The number of benzene rings is 1. The van der Waals surface area contributed by atoms with Gasteiger partial charge in [0, 0.05) is 22.6 Å². The van der Waals surface area contributed by atoms with Crippen LogP contribution >= 0.6 is 22.6 Å². The molecule has 1 unspecified atom stereocenters. The average molecular weight is 404 g/mol. The van der Waals surface area contributed by atoms with Crippen LogP contribution in [-0.4, -0.2) is 31.0 Å². The first-order valence-corrected chi connectivity index (χ1v) is 8.03. The summed E-state index contributed by atoms with van der Waals surface area (Å²) in [6.07, 6.45) is 1.17. The second-order valence-electron chi connectivity index (χ2n) is 4.72. The highest BCUT2D eigenvalue weighted by Crippen LogP contribution is 2.13. The van der Waals surface area contributed by atoms with Crippen molar-refractivity contribution >= 4 is 34.4 Å². The molecule has 0 aliphatic rings. The minimum absolute atomic E-state index is 0.0480. The zero-order valence-electron chi connectivity index (χ0n) is 12.3. The third-order valence-electron chi connectivity index (χ3n) is 2.88. The number of hydrogen-bond acceptors (Lipinski definition) is 3. The first-order chi connectivity index (χ1) is 10.0. The first-order valence-electron chi connectivity index (χ1n) is 6.95. The zero-order chi connectivity index (χ0) is 15.7. The molecule has 0 bridgehead atoms. The molecule has 0 fully saturated rings. The largest absolute Gasteiger partial charge is 0.484 e. The van der Waals surface area contributed by atoms with Gasteiger partial charge in [-0.1, -0.05) is 6.92 Å². The van der Waals surface area contributed by atoms with Crippen molar-refractivity contribution in [1.29, 1.82) is 0 Å². The summed E-state index contributed by atoms with van der Waals surface area (Å²) in [5.41, 5.74) is 0. The topological polar surface area (TPSA) is 67.4 Å². The minimum Gasteiger partial charge on any atom is -0.484 e. The van der Waals surface area contributed by atoms with Crippen LogP contribution in [0.5, 0.6) is 5.75 Å². The Morgan fingerprint density at radius 2 is 1.90 bits per heavy atom. The molecule has 2 amide bonds. The van der Waals surface area contributed by atoms with Gasteiger partial charge < -0.3 is 15.4 Å². The van der Waals surface area contributed by atoms with Crippen molar-refractivity contribution < 1.29 is 14.3 Å². The lowest BCUT2D eigenvalue weighted by Gasteiger charge is -2.11. The fourth-order valence-electron chi connectivity index (χ4n) is 1.50. The third-order valence-corrected chi connectivity index (χ3v) is 3.60. The normalized spacial score (nSPS) is 11.6. The number of carbonyl (C=O) groups excluding carboxylic acids is 2. The lowest BCUT2D eigenvalue weighted by molar-refractivity contribution is -0.123. The van der Waals surface area contributed by atoms with Gasteiger partial charge in [0.15, 0.2) is 6.61 Å². The van der Waals surface area contributed by atoms with E-state index in [1.807, 2.05) is 38.1 Å². The van der Waals surface area contributed by atoms with Gasteiger partial charge in [-0.25, -0.2) is 0 Å². The summed E-state index contributed by atoms with van der Waals surface area (Å²) in [5, 5.41) is 5.50. The SMILES string of the molecule is CCC(C)NC(=O)CCNC(=O)COc1ccc(I)cc1. The van der Waals surface area contributed by atoms with Crippen LogP contribution in [0.3, 0.4) is 0 Å². The Bertz CT molecular complexity index is 462. The summed E-state index contributed by atoms with van der Waals surface area (Å²) in [6.45, 7) is 4.23. The maximum Gasteiger partial charge on any atom is 0.257 e. The molecule has 116 valence electrons. The minimum atomic E-state index is -0.232. The van der Waals surface area contributed by atoms with Gasteiger partial charge in [-0.05, 0) is 60.2 Å². The zero-order valence-corrected chi connectivity index (χ0v) is 14.5. The van der Waals surface area contributed by atoms with Crippen molar-refractivity contribution in [3.8, 4) is 5.75 Å². The summed E-state index contributed by atoms with van der Waals surface area (Å²) in [6, 6.07) is 7.61. The molecule has 1 rings (SSSR count). The third kappa shape index (κ3) is 7.89. The van der Waals surface area contributed by atoms with Crippen LogP contribution in [0.15, 0.2) is 24.3 Å². The van der Waals surface area contributed by atoms with E-state index in [0.29, 0.717) is 12.3 Å². The summed E-state index contributed by atoms with van der Waals surface area (Å²) in [7, 11) is 0. The summed E-state index contributed by atoms with van der Waals surface area (Å²) in [5.74, 6) is 0.369. The molecule has 0 saturated heterocycles. The van der Waals surface area contributed by atoms with E-state index in [1.165, 1.54) is 0 Å². The van der Waals surface area contributed by atoms with E-state index in [1.54, 1.807) is 0 Å². The molecular weight excluding hydrogens is 383 g/mol. The van der Waals surface area contributed by atoms with Crippen LogP contribution in [0.4, 0.5) is 0 Å². The number of halogens is 1. The number of carbonyl (C=O) groups is 2. The summed E-state index contributed by atoms with van der Waals surface area (Å²) < 4.78 is 6.45. The Balaban J connectivity index is 2.16. The quantitative estimate of drug-likeness (QED) is 0.653. The van der Waals surface area contributed by atoms with Crippen LogP contribution in [0.25, 0.3) is 0 Å². The van der Waals surface area contributed by atoms with Gasteiger partial charge in [0.2, 0.25) is 5.91 Å². The molecule has 0 spiro atoms. The second-order valence-corrected chi connectivity index (χ2v) is 5.96. The van der Waals surface area contributed by atoms with Crippen LogP contribution in [0, 0.1) is 3.57 Å². The van der Waals surface area contributed by atoms with E-state index in [4.69, 9.17) is 4.74 Å². The molecule has 0 aliphatic heterocycles. The lowest BCUT2D eigenvalue weighted by atomic mass is 10.2. The van der Waals surface area contributed by atoms with E-state index in [0.717, 1.165) is 9.99 Å². The molecule has 2 N–H and O–H groups in total. The van der Waals surface area contributed by atoms with Crippen LogP contribution in [0.2, 0.25) is 0 Å². The molecule has 21 heavy (non-hydrogen) atoms. The van der Waals surface area contributed by atoms with Gasteiger partial charge in [0.1, 0.15) is 5.75 Å². The summed E-state index contributed by atoms with van der Waals surface area (Å²) in [4.78, 5) is 23.1. The molecule has 0 radical (unpaired) electrons. The van der Waals surface area contributed by atoms with Crippen molar-refractivity contribution in [2.45, 2.75) is 32.7 Å². The highest BCUT2D eigenvalue weighted by Gasteiger charge is 2.07. The number of ether oxygens (including phenoxy) is 1. The summed E-state index contributed by atoms with van der Waals surface area (Å²) >= 11 is 2.20. The number of rotatable bonds is 8. The Hall–Kier alpha value is -1.31. The molecule has 6 heteroatoms. The molecule has 1 aromatic rings. The molecule has 1 atom stereocenters. The van der Waals surface area contributed by atoms with E-state index < -0.39 is 0 Å². The van der Waals surface area contributed by atoms with E-state index in [9.17, 15) is 9.59 Å². The predicted octanol–water partition coefficient (Wildman–Crippen LogP) is 2.09. The fraction of sp³-hybridized carbons (Fsp3) is 0.467. The van der Waals surface area contributed by atoms with Crippen LogP contribution in [-0.2, 0) is 9.59 Å². The van der Waals surface area contributed by atoms with E-state index in [2.05, 4.69) is 33.2 Å². The highest BCUT2D eigenvalue weighted by atomic mass is 127. The van der Waals surface area contributed by atoms with Crippen LogP contribution < -0.4 is 15.4 Å². The smallest absolute Gasteiger partial charge is 0.257 e. The highest BCUT2D eigenvalue weighted by molar-refractivity contribution is 14.1. The van der Waals surface area contributed by atoms with Gasteiger partial charge in [-0.3, -0.25) is 9.59 Å². The van der Waals surface area contributed by atoms with Crippen molar-refractivity contribution in [3.63, 3.8) is 0 Å². The lowest BCUT2D eigenvalue weighted by Crippen LogP contribution is -2.36. The molecule has 0 aromatic heterocycles. The van der Waals surface area contributed by atoms with Gasteiger partial charge in [0.25, 0.3) is 5.91 Å². The average Bonchev–Trinajstić information content (AvgIpc) is 2.46. The maximum atomic E-state index is 11.6. The van der Waals surface area contributed by atoms with E-state index >= 15 is 0 Å². The van der Waals surface area contributed by atoms with Crippen LogP contribution in [0.1, 0.15) is 26.7 Å². The van der Waals surface area contributed by atoms with Crippen molar-refractivity contribution in [3.05, 3.63) is 27.8 Å². The Labute approximate surface area is 139 Å². The van der Waals surface area contributed by atoms with Crippen molar-refractivity contribution in [2.75, 3.05) is 13.2 Å². The van der Waals surface area contributed by atoms with E-state index in [-0.39, 0.29) is 30.9 Å². The molecule has 0 heterocycles. The standard InChI is InChI=1S/C15H21IN2O3/c1-3-11(2)18-14(19)8-9-17-15(20)10-21-13-6-4-12(16)5-7-13/h4-7,11H,3,8-10H2,1-2H3,(H,17,20)(H,18,19). The monoisotopic (exact) mass is 404 g/mol. The molecule has 0 saturated carbocycles. The number of amides is 2. The van der Waals surface area contributed by atoms with Gasteiger partial charge in [-0.15, -0.1) is 0 Å². The maximum absolute atomic E-state index is 11.6. The predicted molar refractivity (Wildman–Crippen MR) is 90.2 cm³/mol. The molecule has 1 aromatic carbocycles. The molecular formula is C15H21IN2O3. The van der Waals surface area contributed by atoms with Gasteiger partial charge in [-0.2, -0.15) is 0 Å². The Morgan fingerprint density at radius 3 is 2.52 bits per heavy atom. The number of nitrogens with one attached hydrogen (secondary N) is 2. The second kappa shape index (κ2) is 9.59. The van der Waals surface area contributed by atoms with Gasteiger partial charge in [0.05, 0.1) is 0 Å². The molecule has 5 nitrogen and oxygen atoms in total.